The summed E-state index contributed by atoms with van der Waals surface area (Å²) in [5.74, 6) is 0.634. The maximum absolute atomic E-state index is 13.2. The van der Waals surface area contributed by atoms with Gasteiger partial charge in [-0.15, -0.1) is 0 Å². The van der Waals surface area contributed by atoms with Crippen LogP contribution in [-0.2, 0) is 0 Å². The van der Waals surface area contributed by atoms with Crippen LogP contribution in [0.15, 0.2) is 60.3 Å². The highest BCUT2D eigenvalue weighted by Gasteiger charge is 2.28. The summed E-state index contributed by atoms with van der Waals surface area (Å²) in [6.07, 6.45) is 1.51. The molecule has 1 fully saturated rings. The van der Waals surface area contributed by atoms with Gasteiger partial charge in [0.1, 0.15) is 5.75 Å². The Kier molecular flexibility index (Phi) is 5.99. The van der Waals surface area contributed by atoms with Crippen molar-refractivity contribution in [3.63, 3.8) is 0 Å². The van der Waals surface area contributed by atoms with Crippen LogP contribution in [0.5, 0.6) is 5.75 Å². The van der Waals surface area contributed by atoms with Gasteiger partial charge in [-0.1, -0.05) is 12.1 Å². The summed E-state index contributed by atoms with van der Waals surface area (Å²) >= 11 is 0. The number of hydrogen-bond donors (Lipinski definition) is 3. The molecule has 0 aromatic heterocycles. The Morgan fingerprint density at radius 2 is 1.77 bits per heavy atom. The van der Waals surface area contributed by atoms with E-state index in [4.69, 9.17) is 4.74 Å². The first-order valence-corrected chi connectivity index (χ1v) is 10.3. The number of carbonyl (C=O) groups excluding carboxylic acids is 2. The lowest BCUT2D eigenvalue weighted by molar-refractivity contribution is 0.102. The summed E-state index contributed by atoms with van der Waals surface area (Å²) in [5, 5.41) is 8.80. The first kappa shape index (κ1) is 20.0. The molecule has 0 radical (unpaired) electrons. The first-order valence-electron chi connectivity index (χ1n) is 10.3. The Balaban J connectivity index is 1.55. The van der Waals surface area contributed by atoms with Gasteiger partial charge in [-0.05, 0) is 48.9 Å². The van der Waals surface area contributed by atoms with E-state index in [1.165, 1.54) is 6.20 Å². The van der Waals surface area contributed by atoms with E-state index in [1.54, 1.807) is 0 Å². The van der Waals surface area contributed by atoms with Crippen LogP contribution in [0.2, 0.25) is 0 Å². The number of hydrogen-bond acceptors (Lipinski definition) is 5. The predicted molar refractivity (Wildman–Crippen MR) is 116 cm³/mol. The molecule has 30 heavy (non-hydrogen) atoms. The zero-order valence-corrected chi connectivity index (χ0v) is 17.0. The van der Waals surface area contributed by atoms with Crippen LogP contribution >= 0.6 is 0 Å². The Bertz CT molecular complexity index is 932. The van der Waals surface area contributed by atoms with E-state index in [1.807, 2.05) is 55.5 Å². The van der Waals surface area contributed by atoms with Gasteiger partial charge in [0, 0.05) is 49.2 Å². The van der Waals surface area contributed by atoms with E-state index >= 15 is 0 Å². The van der Waals surface area contributed by atoms with Crippen LogP contribution in [0.1, 0.15) is 28.9 Å². The number of benzene rings is 2. The van der Waals surface area contributed by atoms with E-state index in [9.17, 15) is 9.59 Å². The van der Waals surface area contributed by atoms with Crippen molar-refractivity contribution in [1.29, 1.82) is 0 Å². The quantitative estimate of drug-likeness (QED) is 0.643. The average Bonchev–Trinajstić information content (AvgIpc) is 2.80. The fourth-order valence-corrected chi connectivity index (χ4v) is 3.77. The third-order valence-corrected chi connectivity index (χ3v) is 5.34. The smallest absolute Gasteiger partial charge is 0.319 e. The third kappa shape index (κ3) is 4.31. The number of amides is 2. The number of Topliss-reactive ketones (excluding diaryl/α,β-unsaturated/α-hetero) is 1. The molecule has 0 saturated carbocycles. The summed E-state index contributed by atoms with van der Waals surface area (Å²) in [4.78, 5) is 27.5. The van der Waals surface area contributed by atoms with Crippen molar-refractivity contribution in [2.45, 2.75) is 13.0 Å². The lowest BCUT2D eigenvalue weighted by Gasteiger charge is -2.29. The standard InChI is InChI=1S/C23H26N4O3/c1-2-30-19-9-5-16(6-10-19)21-20(15-25-23(29)26-21)22(28)17-3-7-18(8-4-17)27-13-11-24-12-14-27/h3-10,15,21,24H,2,11-14H2,1H3,(H2,25,26,29). The van der Waals surface area contributed by atoms with Gasteiger partial charge < -0.3 is 25.6 Å². The molecule has 0 aliphatic carbocycles. The third-order valence-electron chi connectivity index (χ3n) is 5.34. The molecule has 2 aliphatic heterocycles. The van der Waals surface area contributed by atoms with Gasteiger partial charge in [0.2, 0.25) is 0 Å². The fourth-order valence-electron chi connectivity index (χ4n) is 3.77. The molecule has 0 bridgehead atoms. The van der Waals surface area contributed by atoms with Gasteiger partial charge >= 0.3 is 6.03 Å². The number of urea groups is 1. The van der Waals surface area contributed by atoms with Gasteiger partial charge in [0.15, 0.2) is 5.78 Å². The van der Waals surface area contributed by atoms with Crippen molar-refractivity contribution in [3.8, 4) is 5.75 Å². The second kappa shape index (κ2) is 9.00. The normalized spacial score (nSPS) is 18.8. The van der Waals surface area contributed by atoms with Crippen LogP contribution in [-0.4, -0.2) is 44.6 Å². The minimum Gasteiger partial charge on any atom is -0.494 e. The maximum atomic E-state index is 13.2. The van der Waals surface area contributed by atoms with Crippen molar-refractivity contribution < 1.29 is 14.3 Å². The zero-order chi connectivity index (χ0) is 20.9. The second-order valence-corrected chi connectivity index (χ2v) is 7.27. The Labute approximate surface area is 176 Å². The highest BCUT2D eigenvalue weighted by atomic mass is 16.5. The topological polar surface area (TPSA) is 82.7 Å². The van der Waals surface area contributed by atoms with Gasteiger partial charge in [0.05, 0.1) is 12.6 Å². The first-order chi connectivity index (χ1) is 14.7. The predicted octanol–water partition coefficient (Wildman–Crippen LogP) is 2.62. The number of nitrogens with zero attached hydrogens (tertiary/aromatic N) is 1. The van der Waals surface area contributed by atoms with Crippen molar-refractivity contribution >= 4 is 17.5 Å². The molecule has 3 N–H and O–H groups in total. The van der Waals surface area contributed by atoms with E-state index < -0.39 is 6.04 Å². The van der Waals surface area contributed by atoms with Gasteiger partial charge in [-0.25, -0.2) is 4.79 Å². The number of ketones is 1. The minimum absolute atomic E-state index is 0.117. The number of piperazine rings is 1. The number of carbonyl (C=O) groups is 2. The Morgan fingerprint density at radius 3 is 2.43 bits per heavy atom. The molecule has 2 aliphatic rings. The van der Waals surface area contributed by atoms with Gasteiger partial charge in [0.25, 0.3) is 0 Å². The van der Waals surface area contributed by atoms with Gasteiger partial charge in [-0.2, -0.15) is 0 Å². The van der Waals surface area contributed by atoms with E-state index in [2.05, 4.69) is 20.9 Å². The van der Waals surface area contributed by atoms with Gasteiger partial charge in [-0.3, -0.25) is 4.79 Å². The summed E-state index contributed by atoms with van der Waals surface area (Å²) in [6.45, 7) is 6.33. The average molecular weight is 406 g/mol. The molecule has 0 spiro atoms. The molecule has 4 rings (SSSR count). The van der Waals surface area contributed by atoms with Crippen LogP contribution in [0, 0.1) is 0 Å². The molecule has 1 saturated heterocycles. The van der Waals surface area contributed by atoms with Crippen LogP contribution < -0.4 is 25.6 Å². The van der Waals surface area contributed by atoms with Crippen molar-refractivity contribution in [2.75, 3.05) is 37.7 Å². The second-order valence-electron chi connectivity index (χ2n) is 7.27. The molecule has 2 heterocycles. The van der Waals surface area contributed by atoms with E-state index in [-0.39, 0.29) is 11.8 Å². The zero-order valence-electron chi connectivity index (χ0n) is 17.0. The number of nitrogens with one attached hydrogen (secondary N) is 3. The fraction of sp³-hybridized carbons (Fsp3) is 0.304. The monoisotopic (exact) mass is 406 g/mol. The number of rotatable bonds is 6. The molecule has 2 aromatic rings. The largest absolute Gasteiger partial charge is 0.494 e. The summed E-state index contributed by atoms with van der Waals surface area (Å²) in [6, 6.07) is 14.3. The highest BCUT2D eigenvalue weighted by Crippen LogP contribution is 2.28. The molecule has 1 atom stereocenters. The minimum atomic E-state index is -0.519. The molecule has 1 unspecified atom stereocenters. The lowest BCUT2D eigenvalue weighted by Crippen LogP contribution is -2.43. The molecule has 2 aromatic carbocycles. The summed E-state index contributed by atoms with van der Waals surface area (Å²) in [7, 11) is 0. The van der Waals surface area contributed by atoms with Crippen LogP contribution in [0.25, 0.3) is 0 Å². The van der Waals surface area contributed by atoms with Crippen molar-refractivity contribution in [1.82, 2.24) is 16.0 Å². The number of anilines is 1. The van der Waals surface area contributed by atoms with Crippen molar-refractivity contribution in [2.24, 2.45) is 0 Å². The van der Waals surface area contributed by atoms with Crippen molar-refractivity contribution in [3.05, 3.63) is 71.4 Å². The maximum Gasteiger partial charge on any atom is 0.319 e. The summed E-state index contributed by atoms with van der Waals surface area (Å²) < 4.78 is 5.48. The molecular formula is C23H26N4O3. The van der Waals surface area contributed by atoms with E-state index in [0.29, 0.717) is 17.7 Å². The SMILES string of the molecule is CCOc1ccc(C2NC(=O)NC=C2C(=O)c2ccc(N3CCNCC3)cc2)cc1. The lowest BCUT2D eigenvalue weighted by atomic mass is 9.92. The highest BCUT2D eigenvalue weighted by molar-refractivity contribution is 6.10. The molecular weight excluding hydrogens is 380 g/mol. The molecule has 7 heteroatoms. The molecule has 2 amide bonds. The Morgan fingerprint density at radius 1 is 1.07 bits per heavy atom. The van der Waals surface area contributed by atoms with Crippen LogP contribution in [0.3, 0.4) is 0 Å². The molecule has 7 nitrogen and oxygen atoms in total. The number of ether oxygens (including phenoxy) is 1. The van der Waals surface area contributed by atoms with Crippen LogP contribution in [0.4, 0.5) is 10.5 Å². The Hall–Kier alpha value is -3.32. The molecule has 156 valence electrons. The van der Waals surface area contributed by atoms with E-state index in [0.717, 1.165) is 43.2 Å². The summed E-state index contributed by atoms with van der Waals surface area (Å²) in [5.41, 5.74) is 3.02.